The van der Waals surface area contributed by atoms with Crippen molar-refractivity contribution in [3.05, 3.63) is 11.9 Å². The van der Waals surface area contributed by atoms with E-state index < -0.39 is 0 Å². The number of alkyl halides is 1. The third-order valence-electron chi connectivity index (χ3n) is 1.28. The molecule has 0 aromatic carbocycles. The van der Waals surface area contributed by atoms with Crippen molar-refractivity contribution >= 4 is 15.9 Å². The molecule has 1 heterocycles. The van der Waals surface area contributed by atoms with Gasteiger partial charge < -0.3 is 9.47 Å². The topological polar surface area (TPSA) is 44.2 Å². The van der Waals surface area contributed by atoms with Gasteiger partial charge in [0, 0.05) is 5.33 Å². The zero-order chi connectivity index (χ0) is 8.97. The van der Waals surface area contributed by atoms with Crippen molar-refractivity contribution in [3.63, 3.8) is 0 Å². The summed E-state index contributed by atoms with van der Waals surface area (Å²) in [6.45, 7) is 0. The first-order chi connectivity index (χ1) is 5.81. The maximum atomic E-state index is 4.96. The molecule has 4 nitrogen and oxygen atoms in total. The summed E-state index contributed by atoms with van der Waals surface area (Å²) in [6, 6.07) is 0. The van der Waals surface area contributed by atoms with Crippen LogP contribution in [0.15, 0.2) is 6.20 Å². The summed E-state index contributed by atoms with van der Waals surface area (Å²) < 4.78 is 9.88. The second-order valence-electron chi connectivity index (χ2n) is 2.01. The Hall–Kier alpha value is -0.840. The Kier molecular flexibility index (Phi) is 3.28. The molecule has 1 aromatic heterocycles. The molecule has 0 radical (unpaired) electrons. The van der Waals surface area contributed by atoms with E-state index in [-0.39, 0.29) is 0 Å². The summed E-state index contributed by atoms with van der Waals surface area (Å²) in [5.41, 5.74) is 0.813. The predicted octanol–water partition coefficient (Wildman–Crippen LogP) is 1.39. The lowest BCUT2D eigenvalue weighted by Crippen LogP contribution is -1.98. The molecule has 0 N–H and O–H groups in total. The molecule has 0 fully saturated rings. The second kappa shape index (κ2) is 4.25. The summed E-state index contributed by atoms with van der Waals surface area (Å²) in [4.78, 5) is 8.12. The van der Waals surface area contributed by atoms with E-state index >= 15 is 0 Å². The van der Waals surface area contributed by atoms with Crippen LogP contribution in [0, 0.1) is 0 Å². The smallest absolute Gasteiger partial charge is 0.278 e. The van der Waals surface area contributed by atoms with Crippen molar-refractivity contribution in [3.8, 4) is 11.8 Å². The first-order valence-electron chi connectivity index (χ1n) is 3.31. The van der Waals surface area contributed by atoms with Gasteiger partial charge in [-0.15, -0.1) is 0 Å². The summed E-state index contributed by atoms with van der Waals surface area (Å²) >= 11 is 3.27. The fourth-order valence-electron chi connectivity index (χ4n) is 0.733. The number of hydrogen-bond donors (Lipinski definition) is 0. The molecule has 0 bridgehead atoms. The van der Waals surface area contributed by atoms with Gasteiger partial charge >= 0.3 is 0 Å². The summed E-state index contributed by atoms with van der Waals surface area (Å²) in [5.74, 6) is 0.816. The fraction of sp³-hybridized carbons (Fsp3) is 0.429. The number of halogens is 1. The molecule has 1 aromatic rings. The average molecular weight is 233 g/mol. The number of aromatic nitrogens is 2. The Bertz CT molecular complexity index is 268. The molecule has 66 valence electrons. The molecule has 12 heavy (non-hydrogen) atoms. The number of ether oxygens (including phenoxy) is 2. The van der Waals surface area contributed by atoms with E-state index in [4.69, 9.17) is 9.47 Å². The zero-order valence-electron chi connectivity index (χ0n) is 6.87. The molecule has 0 saturated heterocycles. The van der Waals surface area contributed by atoms with E-state index in [1.54, 1.807) is 6.20 Å². The van der Waals surface area contributed by atoms with Gasteiger partial charge in [0.25, 0.3) is 11.8 Å². The van der Waals surface area contributed by atoms with E-state index in [0.29, 0.717) is 17.1 Å². The van der Waals surface area contributed by atoms with Crippen LogP contribution in [0.1, 0.15) is 5.69 Å². The minimum atomic E-state index is 0.405. The van der Waals surface area contributed by atoms with Crippen LogP contribution in [0.5, 0.6) is 11.8 Å². The Balaban J connectivity index is 3.02. The van der Waals surface area contributed by atoms with E-state index in [0.717, 1.165) is 5.69 Å². The number of hydrogen-bond acceptors (Lipinski definition) is 4. The van der Waals surface area contributed by atoms with Crippen LogP contribution in [-0.2, 0) is 5.33 Å². The van der Waals surface area contributed by atoms with Crippen LogP contribution in [0.2, 0.25) is 0 Å². The molecule has 0 saturated carbocycles. The van der Waals surface area contributed by atoms with Gasteiger partial charge in [0.2, 0.25) is 0 Å². The largest absolute Gasteiger partial charge is 0.477 e. The van der Waals surface area contributed by atoms with Gasteiger partial charge in [-0.05, 0) is 0 Å². The van der Waals surface area contributed by atoms with Crippen molar-refractivity contribution in [1.29, 1.82) is 0 Å². The average Bonchev–Trinajstić information content (AvgIpc) is 2.16. The van der Waals surface area contributed by atoms with Crippen LogP contribution in [0.4, 0.5) is 0 Å². The van der Waals surface area contributed by atoms with Gasteiger partial charge in [-0.25, -0.2) is 9.97 Å². The Morgan fingerprint density at radius 3 is 2.50 bits per heavy atom. The fourth-order valence-corrected chi connectivity index (χ4v) is 1.00. The van der Waals surface area contributed by atoms with Crippen LogP contribution in [0.25, 0.3) is 0 Å². The predicted molar refractivity (Wildman–Crippen MR) is 47.8 cm³/mol. The lowest BCUT2D eigenvalue weighted by molar-refractivity contribution is 0.330. The number of rotatable bonds is 3. The first-order valence-corrected chi connectivity index (χ1v) is 4.43. The van der Waals surface area contributed by atoms with Gasteiger partial charge in [0.05, 0.1) is 26.1 Å². The monoisotopic (exact) mass is 232 g/mol. The van der Waals surface area contributed by atoms with E-state index in [2.05, 4.69) is 25.9 Å². The van der Waals surface area contributed by atoms with Crippen LogP contribution in [-0.4, -0.2) is 24.2 Å². The van der Waals surface area contributed by atoms with Crippen molar-refractivity contribution in [2.45, 2.75) is 5.33 Å². The quantitative estimate of drug-likeness (QED) is 0.740. The van der Waals surface area contributed by atoms with Gasteiger partial charge in [-0.2, -0.15) is 0 Å². The lowest BCUT2D eigenvalue weighted by atomic mass is 10.5. The normalized spacial score (nSPS) is 9.58. The van der Waals surface area contributed by atoms with Gasteiger partial charge in [-0.3, -0.25) is 0 Å². The van der Waals surface area contributed by atoms with Gasteiger partial charge in [-0.1, -0.05) is 15.9 Å². The summed E-state index contributed by atoms with van der Waals surface area (Å²) in [7, 11) is 3.06. The Morgan fingerprint density at radius 2 is 2.00 bits per heavy atom. The Labute approximate surface area is 79.1 Å². The first kappa shape index (κ1) is 9.25. The minimum absolute atomic E-state index is 0.405. The molecular weight excluding hydrogens is 224 g/mol. The van der Waals surface area contributed by atoms with E-state index in [1.807, 2.05) is 0 Å². The minimum Gasteiger partial charge on any atom is -0.477 e. The van der Waals surface area contributed by atoms with Crippen LogP contribution in [0.3, 0.4) is 0 Å². The van der Waals surface area contributed by atoms with Crippen molar-refractivity contribution in [2.24, 2.45) is 0 Å². The Morgan fingerprint density at radius 1 is 1.33 bits per heavy atom. The highest BCUT2D eigenvalue weighted by molar-refractivity contribution is 9.08. The van der Waals surface area contributed by atoms with E-state index in [9.17, 15) is 0 Å². The van der Waals surface area contributed by atoms with Crippen molar-refractivity contribution < 1.29 is 9.47 Å². The summed E-state index contributed by atoms with van der Waals surface area (Å²) in [6.07, 6.45) is 1.64. The molecule has 0 amide bonds. The molecule has 1 rings (SSSR count). The highest BCUT2D eigenvalue weighted by Gasteiger charge is 2.06. The van der Waals surface area contributed by atoms with Crippen molar-refractivity contribution in [2.75, 3.05) is 14.2 Å². The number of nitrogens with zero attached hydrogens (tertiary/aromatic N) is 2. The highest BCUT2D eigenvalue weighted by atomic mass is 79.9. The molecule has 0 aliphatic heterocycles. The SMILES string of the molecule is COc1ncc(CBr)nc1OC. The second-order valence-corrected chi connectivity index (χ2v) is 2.57. The van der Waals surface area contributed by atoms with Gasteiger partial charge in [0.1, 0.15) is 0 Å². The van der Waals surface area contributed by atoms with Crippen LogP contribution < -0.4 is 9.47 Å². The molecule has 0 aliphatic rings. The third kappa shape index (κ3) is 1.85. The standard InChI is InChI=1S/C7H9BrN2O2/c1-11-6-7(12-2)10-5(3-8)4-9-6/h4H,3H2,1-2H3. The molecule has 5 heteroatoms. The van der Waals surface area contributed by atoms with E-state index in [1.165, 1.54) is 14.2 Å². The lowest BCUT2D eigenvalue weighted by Gasteiger charge is -2.04. The van der Waals surface area contributed by atoms with Gasteiger partial charge in [0.15, 0.2) is 0 Å². The zero-order valence-corrected chi connectivity index (χ0v) is 8.46. The van der Waals surface area contributed by atoms with Crippen LogP contribution >= 0.6 is 15.9 Å². The third-order valence-corrected chi connectivity index (χ3v) is 1.86. The molecular formula is C7H9BrN2O2. The maximum absolute atomic E-state index is 4.96. The molecule has 0 unspecified atom stereocenters. The molecule has 0 atom stereocenters. The molecule has 0 aliphatic carbocycles. The maximum Gasteiger partial charge on any atom is 0.278 e. The molecule has 0 spiro atoms. The summed E-state index contributed by atoms with van der Waals surface area (Å²) in [5, 5.41) is 0.653. The number of methoxy groups -OCH3 is 2. The van der Waals surface area contributed by atoms with Crippen molar-refractivity contribution in [1.82, 2.24) is 9.97 Å². The highest BCUT2D eigenvalue weighted by Crippen LogP contribution is 2.20.